The molecule has 0 bridgehead atoms. The van der Waals surface area contributed by atoms with Gasteiger partial charge in [-0.1, -0.05) is 11.4 Å². The van der Waals surface area contributed by atoms with Gasteiger partial charge in [0.15, 0.2) is 0 Å². The third-order valence-electron chi connectivity index (χ3n) is 1.31. The van der Waals surface area contributed by atoms with Crippen molar-refractivity contribution in [3.8, 4) is 0 Å². The van der Waals surface area contributed by atoms with Crippen LogP contribution in [0.4, 0.5) is 0 Å². The molecule has 0 aromatic carbocycles. The second-order valence-electron chi connectivity index (χ2n) is 3.04. The molecule has 2 atom stereocenters. The quantitative estimate of drug-likeness (QED) is 0.585. The van der Waals surface area contributed by atoms with Crippen LogP contribution >= 0.6 is 18.1 Å². The van der Waals surface area contributed by atoms with Gasteiger partial charge in [0, 0.05) is 37.7 Å². The van der Waals surface area contributed by atoms with E-state index in [1.165, 1.54) is 13.2 Å². The van der Waals surface area contributed by atoms with Crippen molar-refractivity contribution in [2.45, 2.75) is 32.9 Å². The minimum atomic E-state index is -3.46. The fraction of sp³-hybridized carbons (Fsp3) is 0.857. The van der Waals surface area contributed by atoms with Crippen LogP contribution in [-0.4, -0.2) is 29.3 Å². The molecule has 0 spiro atoms. The number of hydrogen-bond acceptors (Lipinski definition) is 4. The first-order chi connectivity index (χ1) is 6.28. The maximum absolute atomic E-state index is 11.2. The smallest absolute Gasteiger partial charge is 0.324 e. The third kappa shape index (κ3) is 8.98. The molecule has 92 valence electrons. The topological polar surface area (TPSA) is 75.6 Å². The van der Waals surface area contributed by atoms with Crippen molar-refractivity contribution in [2.24, 2.45) is 0 Å². The molecule has 2 N–H and O–H groups in total. The number of hydrogen-bond donors (Lipinski definition) is 2. The van der Waals surface area contributed by atoms with Gasteiger partial charge in [0.2, 0.25) is 0 Å². The number of ether oxygens (including phenoxy) is 1. The predicted octanol–water partition coefficient (Wildman–Crippen LogP) is 1.38. The van der Waals surface area contributed by atoms with E-state index in [1.54, 1.807) is 13.8 Å². The van der Waals surface area contributed by atoms with E-state index in [-0.39, 0.29) is 43.8 Å². The summed E-state index contributed by atoms with van der Waals surface area (Å²) in [6.07, 6.45) is 1.27. The molecule has 0 aliphatic carbocycles. The van der Waals surface area contributed by atoms with Gasteiger partial charge in [-0.25, -0.2) is 5.09 Å². The van der Waals surface area contributed by atoms with E-state index < -0.39 is 18.7 Å². The third-order valence-corrected chi connectivity index (χ3v) is 4.32. The molecule has 0 aromatic heterocycles. The van der Waals surface area contributed by atoms with Crippen molar-refractivity contribution >= 4 is 24.1 Å². The Labute approximate surface area is 124 Å². The molecule has 15 heavy (non-hydrogen) atoms. The van der Waals surface area contributed by atoms with E-state index in [0.29, 0.717) is 0 Å². The van der Waals surface area contributed by atoms with Crippen LogP contribution in [0.15, 0.2) is 0 Å². The summed E-state index contributed by atoms with van der Waals surface area (Å²) in [5, 5.41) is 2.31. The summed E-state index contributed by atoms with van der Waals surface area (Å²) < 4.78 is 16.0. The fourth-order valence-electron chi connectivity index (χ4n) is 0.684. The van der Waals surface area contributed by atoms with Crippen LogP contribution in [0.2, 0.25) is 0 Å². The van der Waals surface area contributed by atoms with Crippen LogP contribution in [0.25, 0.3) is 0 Å². The van der Waals surface area contributed by atoms with E-state index in [1.807, 2.05) is 0 Å². The molecule has 0 fully saturated rings. The van der Waals surface area contributed by atoms with E-state index in [0.717, 1.165) is 11.4 Å². The summed E-state index contributed by atoms with van der Waals surface area (Å²) in [4.78, 5) is 20.4. The Balaban J connectivity index is 0. The molecule has 0 aliphatic heterocycles. The van der Waals surface area contributed by atoms with Crippen LogP contribution in [0.3, 0.4) is 0 Å². The largest absolute Gasteiger partial charge is 0.462 e. The molecule has 0 amide bonds. The molecule has 0 rings (SSSR count). The van der Waals surface area contributed by atoms with Gasteiger partial charge in [0.05, 0.1) is 6.10 Å². The van der Waals surface area contributed by atoms with Gasteiger partial charge in [-0.2, -0.15) is 0 Å². The van der Waals surface area contributed by atoms with Crippen molar-refractivity contribution in [3.05, 3.63) is 0 Å². The van der Waals surface area contributed by atoms with Crippen LogP contribution in [0.5, 0.6) is 0 Å². The van der Waals surface area contributed by atoms with Gasteiger partial charge in [-0.15, -0.1) is 0 Å². The Morgan fingerprint density at radius 1 is 1.47 bits per heavy atom. The summed E-state index contributed by atoms with van der Waals surface area (Å²) in [6, 6.07) is -0.777. The number of carbonyl (C=O) groups excluding carboxylic acids is 1. The summed E-state index contributed by atoms with van der Waals surface area (Å²) in [5.41, 5.74) is 0. The number of rotatable bonds is 5. The van der Waals surface area contributed by atoms with E-state index in [2.05, 4.69) is 5.09 Å². The van der Waals surface area contributed by atoms with Gasteiger partial charge in [0.1, 0.15) is 6.04 Å². The van der Waals surface area contributed by atoms with Crippen molar-refractivity contribution in [3.63, 3.8) is 0 Å². The van der Waals surface area contributed by atoms with Gasteiger partial charge in [0.25, 0.3) is 0 Å². The first-order valence-electron chi connectivity index (χ1n) is 4.15. The number of esters is 1. The molecule has 8 heteroatoms. The molecule has 0 aliphatic rings. The summed E-state index contributed by atoms with van der Waals surface area (Å²) in [5.74, 6) is -0.525. The Kier molecular flexibility index (Phi) is 10.3. The molecule has 2 unspecified atom stereocenters. The molecule has 0 saturated heterocycles. The first-order valence-corrected chi connectivity index (χ1v) is 7.64. The van der Waals surface area contributed by atoms with Crippen molar-refractivity contribution in [2.75, 3.05) is 6.26 Å². The molecular formula is C7H16ArNO4PS. The monoisotopic (exact) mass is 281 g/mol. The fourth-order valence-corrected chi connectivity index (χ4v) is 2.18. The van der Waals surface area contributed by atoms with Crippen LogP contribution in [0.1, 0.15) is 20.8 Å². The second-order valence-corrected chi connectivity index (χ2v) is 7.28. The average Bonchev–Trinajstić information content (AvgIpc) is 2.02. The maximum Gasteiger partial charge on any atom is 0.324 e. The van der Waals surface area contributed by atoms with Gasteiger partial charge < -0.3 is 9.63 Å². The minimum Gasteiger partial charge on any atom is -0.462 e. The molecule has 0 radical (unpaired) electrons. The SMILES string of the molecule is CSP(=O)(O)NC(C)C(=O)OC(C)C.[Ar]. The van der Waals surface area contributed by atoms with Gasteiger partial charge in [-0.05, 0) is 27.0 Å². The standard InChI is InChI=1S/C7H16NO4PS.Ar/c1-5(2)12-7(9)6(3)8-13(10,11)14-4;/h5-6H,1-4H3,(H2,8,10,11);. The maximum atomic E-state index is 11.2. The zero-order valence-electron chi connectivity index (χ0n) is 9.04. The molecule has 0 saturated carbocycles. The Hall–Kier alpha value is 1.23. The Morgan fingerprint density at radius 2 is 1.93 bits per heavy atom. The molecule has 5 nitrogen and oxygen atoms in total. The van der Waals surface area contributed by atoms with Crippen LogP contribution in [-0.2, 0) is 14.1 Å². The molecule has 0 heterocycles. The summed E-state index contributed by atoms with van der Waals surface area (Å²) in [7, 11) is 0. The van der Waals surface area contributed by atoms with Crippen molar-refractivity contribution in [1.82, 2.24) is 5.09 Å². The summed E-state index contributed by atoms with van der Waals surface area (Å²) in [6.45, 7) is 1.47. The zero-order chi connectivity index (χ0) is 11.4. The second kappa shape index (κ2) is 8.34. The summed E-state index contributed by atoms with van der Waals surface area (Å²) >= 11 is 0.784. The predicted molar refractivity (Wildman–Crippen MR) is 57.2 cm³/mol. The van der Waals surface area contributed by atoms with Crippen molar-refractivity contribution < 1.29 is 56.7 Å². The van der Waals surface area contributed by atoms with Crippen molar-refractivity contribution in [1.29, 1.82) is 0 Å². The minimum absolute atomic E-state index is 0. The van der Waals surface area contributed by atoms with Gasteiger partial charge >= 0.3 is 12.7 Å². The van der Waals surface area contributed by atoms with Crippen LogP contribution < -0.4 is 5.09 Å². The first kappa shape index (κ1) is 18.6. The van der Waals surface area contributed by atoms with E-state index in [4.69, 9.17) is 4.74 Å². The zero-order valence-corrected chi connectivity index (χ0v) is 11.5. The van der Waals surface area contributed by atoms with Gasteiger partial charge in [-0.3, -0.25) is 9.36 Å². The Bertz CT molecular complexity index is 251. The van der Waals surface area contributed by atoms with E-state index >= 15 is 0 Å². The Morgan fingerprint density at radius 3 is 2.27 bits per heavy atom. The average molecular weight is 281 g/mol. The number of nitrogens with one attached hydrogen (secondary N) is 1. The van der Waals surface area contributed by atoms with E-state index in [9.17, 15) is 14.3 Å². The van der Waals surface area contributed by atoms with Crippen LogP contribution in [0, 0.1) is 37.7 Å². The number of carbonyl (C=O) groups is 1. The molecular weight excluding hydrogens is 265 g/mol. The normalized spacial score (nSPS) is 16.4. The molecule has 0 aromatic rings.